The SMILES string of the molecule is Cc1ccc(N2CCCN(C)C(=O)C2CO)cc1Br. The molecule has 0 aliphatic carbocycles. The van der Waals surface area contributed by atoms with Crippen LogP contribution in [0.1, 0.15) is 12.0 Å². The summed E-state index contributed by atoms with van der Waals surface area (Å²) in [6.07, 6.45) is 0.907. The van der Waals surface area contributed by atoms with Crippen molar-refractivity contribution in [1.82, 2.24) is 4.90 Å². The van der Waals surface area contributed by atoms with Gasteiger partial charge < -0.3 is 14.9 Å². The molecule has 1 aromatic rings. The molecule has 0 radical (unpaired) electrons. The molecule has 0 aromatic heterocycles. The molecule has 1 fully saturated rings. The minimum Gasteiger partial charge on any atom is -0.394 e. The first-order chi connectivity index (χ1) is 9.04. The number of amides is 1. The van der Waals surface area contributed by atoms with Gasteiger partial charge in [-0.05, 0) is 31.0 Å². The van der Waals surface area contributed by atoms with Gasteiger partial charge in [0.25, 0.3) is 0 Å². The number of carbonyl (C=O) groups excluding carboxylic acids is 1. The number of hydrogen-bond acceptors (Lipinski definition) is 3. The van der Waals surface area contributed by atoms with Crippen molar-refractivity contribution in [1.29, 1.82) is 0 Å². The van der Waals surface area contributed by atoms with Crippen LogP contribution in [-0.2, 0) is 4.79 Å². The van der Waals surface area contributed by atoms with E-state index in [1.807, 2.05) is 30.0 Å². The maximum absolute atomic E-state index is 12.2. The van der Waals surface area contributed by atoms with Crippen molar-refractivity contribution in [2.24, 2.45) is 0 Å². The first-order valence-electron chi connectivity index (χ1n) is 6.43. The van der Waals surface area contributed by atoms with Crippen molar-refractivity contribution < 1.29 is 9.90 Å². The second kappa shape index (κ2) is 5.92. The molecule has 5 heteroatoms. The third-order valence-electron chi connectivity index (χ3n) is 3.59. The summed E-state index contributed by atoms with van der Waals surface area (Å²) in [4.78, 5) is 15.9. The van der Waals surface area contributed by atoms with Crippen LogP contribution in [0.3, 0.4) is 0 Å². The van der Waals surface area contributed by atoms with E-state index in [4.69, 9.17) is 0 Å². The van der Waals surface area contributed by atoms with Crippen LogP contribution in [-0.4, -0.2) is 48.7 Å². The first-order valence-corrected chi connectivity index (χ1v) is 7.22. The second-order valence-electron chi connectivity index (χ2n) is 4.94. The maximum atomic E-state index is 12.2. The number of benzene rings is 1. The molecular formula is C14H19BrN2O2. The molecule has 4 nitrogen and oxygen atoms in total. The smallest absolute Gasteiger partial charge is 0.247 e. The monoisotopic (exact) mass is 326 g/mol. The fraction of sp³-hybridized carbons (Fsp3) is 0.500. The van der Waals surface area contributed by atoms with Gasteiger partial charge in [0.05, 0.1) is 6.61 Å². The van der Waals surface area contributed by atoms with Crippen molar-refractivity contribution in [2.45, 2.75) is 19.4 Å². The lowest BCUT2D eigenvalue weighted by Gasteiger charge is -2.30. The number of hydrogen-bond donors (Lipinski definition) is 1. The Morgan fingerprint density at radius 1 is 1.42 bits per heavy atom. The molecule has 1 N–H and O–H groups in total. The van der Waals surface area contributed by atoms with E-state index in [0.29, 0.717) is 0 Å². The average molecular weight is 327 g/mol. The zero-order chi connectivity index (χ0) is 14.0. The van der Waals surface area contributed by atoms with Crippen molar-refractivity contribution in [3.8, 4) is 0 Å². The normalized spacial score (nSPS) is 20.6. The minimum atomic E-state index is -0.484. The van der Waals surface area contributed by atoms with Gasteiger partial charge in [-0.15, -0.1) is 0 Å². The summed E-state index contributed by atoms with van der Waals surface area (Å²) in [6, 6.07) is 5.55. The number of aliphatic hydroxyl groups is 1. The second-order valence-corrected chi connectivity index (χ2v) is 5.79. The zero-order valence-corrected chi connectivity index (χ0v) is 12.9. The van der Waals surface area contributed by atoms with Crippen LogP contribution < -0.4 is 4.90 Å². The molecule has 1 aliphatic rings. The lowest BCUT2D eigenvalue weighted by atomic mass is 10.1. The number of likely N-dealkylation sites (N-methyl/N-ethyl adjacent to an activating group) is 1. The van der Waals surface area contributed by atoms with Crippen molar-refractivity contribution in [3.05, 3.63) is 28.2 Å². The molecule has 1 saturated heterocycles. The Bertz CT molecular complexity index is 479. The van der Waals surface area contributed by atoms with Crippen LogP contribution in [0.25, 0.3) is 0 Å². The number of halogens is 1. The highest BCUT2D eigenvalue weighted by molar-refractivity contribution is 9.10. The molecule has 104 valence electrons. The molecule has 2 rings (SSSR count). The van der Waals surface area contributed by atoms with Crippen molar-refractivity contribution >= 4 is 27.5 Å². The third kappa shape index (κ3) is 2.92. The molecule has 19 heavy (non-hydrogen) atoms. The van der Waals surface area contributed by atoms with Crippen LogP contribution in [0.4, 0.5) is 5.69 Å². The van der Waals surface area contributed by atoms with E-state index in [1.54, 1.807) is 11.9 Å². The van der Waals surface area contributed by atoms with E-state index in [2.05, 4.69) is 15.9 Å². The highest BCUT2D eigenvalue weighted by Gasteiger charge is 2.30. The number of rotatable bonds is 2. The number of carbonyl (C=O) groups is 1. The van der Waals surface area contributed by atoms with Gasteiger partial charge in [0, 0.05) is 30.3 Å². The van der Waals surface area contributed by atoms with Crippen molar-refractivity contribution in [2.75, 3.05) is 31.6 Å². The molecule has 1 heterocycles. The first kappa shape index (κ1) is 14.3. The van der Waals surface area contributed by atoms with Crippen LogP contribution in [0.2, 0.25) is 0 Å². The zero-order valence-electron chi connectivity index (χ0n) is 11.3. The average Bonchev–Trinajstić information content (AvgIpc) is 2.53. The van der Waals surface area contributed by atoms with Gasteiger partial charge in [0.1, 0.15) is 6.04 Å². The summed E-state index contributed by atoms with van der Waals surface area (Å²) in [6.45, 7) is 3.38. The largest absolute Gasteiger partial charge is 0.394 e. The topological polar surface area (TPSA) is 43.8 Å². The predicted molar refractivity (Wildman–Crippen MR) is 79.4 cm³/mol. The summed E-state index contributed by atoms with van der Waals surface area (Å²) < 4.78 is 1.02. The Balaban J connectivity index is 2.34. The van der Waals surface area contributed by atoms with Gasteiger partial charge in [0.15, 0.2) is 0 Å². The lowest BCUT2D eigenvalue weighted by molar-refractivity contribution is -0.131. The van der Waals surface area contributed by atoms with E-state index in [1.165, 1.54) is 0 Å². The minimum absolute atomic E-state index is 0.0169. The molecule has 1 unspecified atom stereocenters. The number of aryl methyl sites for hydroxylation is 1. The maximum Gasteiger partial charge on any atom is 0.247 e. The van der Waals surface area contributed by atoms with Gasteiger partial charge in [-0.1, -0.05) is 22.0 Å². The summed E-state index contributed by atoms with van der Waals surface area (Å²) in [5, 5.41) is 9.56. The molecule has 0 spiro atoms. The number of nitrogens with zero attached hydrogens (tertiary/aromatic N) is 2. The van der Waals surface area contributed by atoms with E-state index >= 15 is 0 Å². The highest BCUT2D eigenvalue weighted by atomic mass is 79.9. The quantitative estimate of drug-likeness (QED) is 0.901. The summed E-state index contributed by atoms with van der Waals surface area (Å²) in [5.74, 6) is -0.0169. The van der Waals surface area contributed by atoms with E-state index in [0.717, 1.165) is 35.2 Å². The van der Waals surface area contributed by atoms with Crippen LogP contribution in [0, 0.1) is 6.92 Å². The van der Waals surface area contributed by atoms with Crippen molar-refractivity contribution in [3.63, 3.8) is 0 Å². The molecule has 1 atom stereocenters. The predicted octanol–water partition coefficient (Wildman–Crippen LogP) is 1.79. The Labute approximate surface area is 122 Å². The van der Waals surface area contributed by atoms with Gasteiger partial charge in [-0.2, -0.15) is 0 Å². The molecule has 1 aromatic carbocycles. The summed E-state index contributed by atoms with van der Waals surface area (Å²) >= 11 is 3.52. The van der Waals surface area contributed by atoms with Crippen LogP contribution in [0.15, 0.2) is 22.7 Å². The van der Waals surface area contributed by atoms with Gasteiger partial charge in [0.2, 0.25) is 5.91 Å². The molecule has 1 aliphatic heterocycles. The number of anilines is 1. The van der Waals surface area contributed by atoms with Crippen LogP contribution in [0.5, 0.6) is 0 Å². The van der Waals surface area contributed by atoms with E-state index < -0.39 is 6.04 Å². The fourth-order valence-corrected chi connectivity index (χ4v) is 2.74. The molecule has 0 saturated carbocycles. The van der Waals surface area contributed by atoms with Gasteiger partial charge >= 0.3 is 0 Å². The van der Waals surface area contributed by atoms with E-state index in [9.17, 15) is 9.90 Å². The lowest BCUT2D eigenvalue weighted by Crippen LogP contribution is -2.47. The Morgan fingerprint density at radius 3 is 2.79 bits per heavy atom. The Hall–Kier alpha value is -1.07. The molecule has 0 bridgehead atoms. The number of aliphatic hydroxyl groups excluding tert-OH is 1. The standard InChI is InChI=1S/C14H19BrN2O2/c1-10-4-5-11(8-12(10)15)17-7-3-6-16(2)14(19)13(17)9-18/h4-5,8,13,18H,3,6-7,9H2,1-2H3. The Kier molecular flexibility index (Phi) is 4.47. The summed E-state index contributed by atoms with van der Waals surface area (Å²) in [7, 11) is 1.79. The molecule has 1 amide bonds. The molecular weight excluding hydrogens is 308 g/mol. The van der Waals surface area contributed by atoms with Crippen LogP contribution >= 0.6 is 15.9 Å². The van der Waals surface area contributed by atoms with Gasteiger partial charge in [-0.25, -0.2) is 0 Å². The Morgan fingerprint density at radius 2 is 2.16 bits per heavy atom. The van der Waals surface area contributed by atoms with Gasteiger partial charge in [-0.3, -0.25) is 4.79 Å². The third-order valence-corrected chi connectivity index (χ3v) is 4.44. The summed E-state index contributed by atoms with van der Waals surface area (Å²) in [5.41, 5.74) is 2.13. The fourth-order valence-electron chi connectivity index (χ4n) is 2.38. The van der Waals surface area contributed by atoms with E-state index in [-0.39, 0.29) is 12.5 Å². The highest BCUT2D eigenvalue weighted by Crippen LogP contribution is 2.26.